The van der Waals surface area contributed by atoms with E-state index < -0.39 is 9.84 Å². The Kier molecular flexibility index (Phi) is 5.34. The first-order valence-electron chi connectivity index (χ1n) is 9.73. The molecule has 3 aromatic rings. The van der Waals surface area contributed by atoms with Gasteiger partial charge in [-0.2, -0.15) is 5.10 Å². The van der Waals surface area contributed by atoms with Gasteiger partial charge in [0.1, 0.15) is 11.6 Å². The number of nitrogens with zero attached hydrogens (tertiary/aromatic N) is 2. The molecular weight excluding hydrogens is 402 g/mol. The molecule has 0 unspecified atom stereocenters. The van der Waals surface area contributed by atoms with Crippen molar-refractivity contribution in [2.75, 3.05) is 12.4 Å². The van der Waals surface area contributed by atoms with Crippen LogP contribution in [0.2, 0.25) is 0 Å². The number of methoxy groups -OCH3 is 1. The second-order valence-corrected chi connectivity index (χ2v) is 9.34. The van der Waals surface area contributed by atoms with E-state index in [2.05, 4.69) is 10.4 Å². The number of nitrogens with one attached hydrogen (secondary N) is 1. The maximum absolute atomic E-state index is 13.2. The zero-order valence-corrected chi connectivity index (χ0v) is 17.6. The minimum Gasteiger partial charge on any atom is -0.497 e. The first kappa shape index (κ1) is 20.2. The van der Waals surface area contributed by atoms with Crippen LogP contribution >= 0.6 is 0 Å². The summed E-state index contributed by atoms with van der Waals surface area (Å²) in [5, 5.41) is 7.48. The molecular formula is C22H23N3O4S. The third-order valence-electron chi connectivity index (χ3n) is 5.27. The predicted molar refractivity (Wildman–Crippen MR) is 115 cm³/mol. The van der Waals surface area contributed by atoms with Crippen LogP contribution in [0.3, 0.4) is 0 Å². The van der Waals surface area contributed by atoms with Crippen LogP contribution < -0.4 is 10.1 Å². The summed E-state index contributed by atoms with van der Waals surface area (Å²) in [5.74, 6) is 0.322. The quantitative estimate of drug-likeness (QED) is 0.653. The molecule has 1 aliphatic rings. The van der Waals surface area contributed by atoms with Crippen molar-refractivity contribution < 1.29 is 17.9 Å². The number of ether oxygens (including phenoxy) is 1. The zero-order valence-electron chi connectivity index (χ0n) is 16.8. The number of carbonyl (C=O) groups excluding carboxylic acids is 1. The Morgan fingerprint density at radius 1 is 1.13 bits per heavy atom. The molecule has 0 radical (unpaired) electrons. The fraction of sp³-hybridized carbons (Fsp3) is 0.273. The number of amides is 1. The number of benzene rings is 2. The average molecular weight is 426 g/mol. The van der Waals surface area contributed by atoms with Gasteiger partial charge in [0.25, 0.3) is 0 Å². The van der Waals surface area contributed by atoms with Gasteiger partial charge in [0, 0.05) is 5.56 Å². The number of aromatic nitrogens is 2. The Morgan fingerprint density at radius 2 is 1.83 bits per heavy atom. The lowest BCUT2D eigenvalue weighted by molar-refractivity contribution is -0.117. The van der Waals surface area contributed by atoms with Gasteiger partial charge in [-0.25, -0.2) is 13.1 Å². The molecule has 0 spiro atoms. The standard InChI is InChI=1S/C22H23N3O4S/c1-3-18(15-7-5-4-6-8-15)22(26)23-21-19-13-30(27,28)14-20(19)24-25(21)16-9-11-17(29-2)12-10-16/h4-12,18H,3,13-14H2,1-2H3,(H,23,26)/t18-/m1/s1. The van der Waals surface area contributed by atoms with Crippen LogP contribution in [0.1, 0.15) is 36.1 Å². The smallest absolute Gasteiger partial charge is 0.233 e. The topological polar surface area (TPSA) is 90.3 Å². The number of carbonyl (C=O) groups is 1. The van der Waals surface area contributed by atoms with Crippen molar-refractivity contribution >= 4 is 21.6 Å². The Hall–Kier alpha value is -3.13. The van der Waals surface area contributed by atoms with E-state index in [0.29, 0.717) is 34.9 Å². The normalized spacial score (nSPS) is 15.4. The van der Waals surface area contributed by atoms with E-state index in [9.17, 15) is 13.2 Å². The van der Waals surface area contributed by atoms with Gasteiger partial charge in [-0.15, -0.1) is 0 Å². The van der Waals surface area contributed by atoms with E-state index in [-0.39, 0.29) is 23.3 Å². The fourth-order valence-electron chi connectivity index (χ4n) is 3.74. The number of fused-ring (bicyclic) bond motifs is 1. The van der Waals surface area contributed by atoms with E-state index in [1.165, 1.54) is 0 Å². The molecule has 2 aromatic carbocycles. The van der Waals surface area contributed by atoms with Crippen molar-refractivity contribution in [3.05, 3.63) is 71.4 Å². The van der Waals surface area contributed by atoms with Gasteiger partial charge in [-0.05, 0) is 36.2 Å². The summed E-state index contributed by atoms with van der Waals surface area (Å²) in [6.45, 7) is 1.95. The number of sulfone groups is 1. The fourth-order valence-corrected chi connectivity index (χ4v) is 5.24. The highest BCUT2D eigenvalue weighted by molar-refractivity contribution is 7.90. The summed E-state index contributed by atoms with van der Waals surface area (Å²) in [6.07, 6.45) is 0.618. The summed E-state index contributed by atoms with van der Waals surface area (Å²) in [5.41, 5.74) is 2.67. The molecule has 0 saturated carbocycles. The number of anilines is 1. The van der Waals surface area contributed by atoms with Crippen LogP contribution in [0.15, 0.2) is 54.6 Å². The third-order valence-corrected chi connectivity index (χ3v) is 6.71. The maximum atomic E-state index is 13.2. The minimum atomic E-state index is -3.26. The molecule has 0 aliphatic carbocycles. The molecule has 0 fully saturated rings. The van der Waals surface area contributed by atoms with Gasteiger partial charge in [0.05, 0.1) is 35.9 Å². The van der Waals surface area contributed by atoms with Crippen molar-refractivity contribution in [2.24, 2.45) is 0 Å². The molecule has 1 aromatic heterocycles. The molecule has 2 heterocycles. The van der Waals surface area contributed by atoms with Crippen LogP contribution in [-0.4, -0.2) is 31.2 Å². The second kappa shape index (κ2) is 7.95. The van der Waals surface area contributed by atoms with E-state index in [0.717, 1.165) is 5.56 Å². The molecule has 1 aliphatic heterocycles. The highest BCUT2D eigenvalue weighted by atomic mass is 32.2. The van der Waals surface area contributed by atoms with Gasteiger partial charge in [-0.1, -0.05) is 37.3 Å². The van der Waals surface area contributed by atoms with Gasteiger partial charge in [-0.3, -0.25) is 4.79 Å². The first-order valence-corrected chi connectivity index (χ1v) is 11.6. The van der Waals surface area contributed by atoms with Crippen molar-refractivity contribution in [1.82, 2.24) is 9.78 Å². The average Bonchev–Trinajstić information content (AvgIpc) is 3.22. The monoisotopic (exact) mass is 425 g/mol. The molecule has 7 nitrogen and oxygen atoms in total. The Labute approximate surface area is 175 Å². The summed E-state index contributed by atoms with van der Waals surface area (Å²) in [4.78, 5) is 13.2. The molecule has 8 heteroatoms. The predicted octanol–water partition coefficient (Wildman–Crippen LogP) is 3.44. The van der Waals surface area contributed by atoms with Crippen LogP contribution in [0.4, 0.5) is 5.82 Å². The summed E-state index contributed by atoms with van der Waals surface area (Å²) < 4.78 is 31.1. The number of hydrogen-bond donors (Lipinski definition) is 1. The van der Waals surface area contributed by atoms with E-state index in [1.807, 2.05) is 49.4 Å². The largest absolute Gasteiger partial charge is 0.497 e. The van der Waals surface area contributed by atoms with Gasteiger partial charge >= 0.3 is 0 Å². The first-order chi connectivity index (χ1) is 14.4. The van der Waals surface area contributed by atoms with Crippen LogP contribution in [0, 0.1) is 0 Å². The lowest BCUT2D eigenvalue weighted by atomic mass is 9.95. The summed E-state index contributed by atoms with van der Waals surface area (Å²) >= 11 is 0. The molecule has 4 rings (SSSR count). The lowest BCUT2D eigenvalue weighted by Gasteiger charge is -2.17. The highest BCUT2D eigenvalue weighted by Crippen LogP contribution is 2.34. The molecule has 30 heavy (non-hydrogen) atoms. The Morgan fingerprint density at radius 3 is 2.47 bits per heavy atom. The molecule has 1 amide bonds. The minimum absolute atomic E-state index is 0.121. The van der Waals surface area contributed by atoms with Gasteiger partial charge in [0.15, 0.2) is 9.84 Å². The summed E-state index contributed by atoms with van der Waals surface area (Å²) in [7, 11) is -1.67. The molecule has 1 N–H and O–H groups in total. The van der Waals surface area contributed by atoms with Gasteiger partial charge in [0.2, 0.25) is 5.91 Å². The number of rotatable bonds is 6. The summed E-state index contributed by atoms with van der Waals surface area (Å²) in [6, 6.07) is 16.8. The Balaban J connectivity index is 1.73. The van der Waals surface area contributed by atoms with Crippen LogP contribution in [0.25, 0.3) is 5.69 Å². The van der Waals surface area contributed by atoms with Crippen LogP contribution in [0.5, 0.6) is 5.75 Å². The molecule has 0 bridgehead atoms. The molecule has 156 valence electrons. The zero-order chi connectivity index (χ0) is 21.3. The maximum Gasteiger partial charge on any atom is 0.233 e. The van der Waals surface area contributed by atoms with Crippen molar-refractivity contribution in [2.45, 2.75) is 30.8 Å². The Bertz CT molecular complexity index is 1170. The van der Waals surface area contributed by atoms with Crippen molar-refractivity contribution in [3.8, 4) is 11.4 Å². The highest BCUT2D eigenvalue weighted by Gasteiger charge is 2.34. The SMILES string of the molecule is CC[C@@H](C(=O)Nc1c2c(nn1-c1ccc(OC)cc1)CS(=O)(=O)C2)c1ccccc1. The van der Waals surface area contributed by atoms with Crippen molar-refractivity contribution in [3.63, 3.8) is 0 Å². The second-order valence-electron chi connectivity index (χ2n) is 7.28. The van der Waals surface area contributed by atoms with Gasteiger partial charge < -0.3 is 10.1 Å². The van der Waals surface area contributed by atoms with Crippen LogP contribution in [-0.2, 0) is 26.1 Å². The molecule has 0 saturated heterocycles. The van der Waals surface area contributed by atoms with E-state index in [1.54, 1.807) is 23.9 Å². The number of hydrogen-bond acceptors (Lipinski definition) is 5. The molecule has 1 atom stereocenters. The third kappa shape index (κ3) is 3.82. The van der Waals surface area contributed by atoms with E-state index >= 15 is 0 Å². The lowest BCUT2D eigenvalue weighted by Crippen LogP contribution is -2.23. The van der Waals surface area contributed by atoms with Crippen molar-refractivity contribution in [1.29, 1.82) is 0 Å². The van der Waals surface area contributed by atoms with E-state index in [4.69, 9.17) is 4.74 Å².